The standard InChI is InChI=1S/C75H135NO18/c1-3-5-7-9-11-13-15-17-19-21-22-23-24-25-26-27-28-29-30-31-32-33-34-35-36-37-38-40-42-44-46-48-50-52-59(80)58(76-63(81)53-51-49-47-45-43-41-39-20-18-16-14-12-10-8-6-4-2)57-89-73-69(87)66(84)71(61(55-78)91-73)94-75-70(88)67(85)72(62(56-79)92-75)93-74-68(86)65(83)64(82)60(54-77)90-74/h14,16,20,36-37,39,42,44,50,52,58-62,64-75,77-80,82-88H,3-13,15,17-19,21-35,38,40-41,43,45-49,51,53-57H2,1-2H3,(H,76,81)/b16-14-,37-36+,39-20-,44-42+,52-50+. The van der Waals surface area contributed by atoms with Crippen molar-refractivity contribution in [3.05, 3.63) is 60.8 Å². The second-order valence-corrected chi connectivity index (χ2v) is 26.7. The van der Waals surface area contributed by atoms with Crippen LogP contribution in [0.25, 0.3) is 0 Å². The number of hydrogen-bond donors (Lipinski definition) is 12. The van der Waals surface area contributed by atoms with E-state index in [9.17, 15) is 61.0 Å². The molecule has 0 spiro atoms. The van der Waals surface area contributed by atoms with Gasteiger partial charge in [0.05, 0.1) is 38.6 Å². The van der Waals surface area contributed by atoms with Gasteiger partial charge in [0.25, 0.3) is 0 Å². The first-order valence-corrected chi connectivity index (χ1v) is 37.5. The van der Waals surface area contributed by atoms with Crippen LogP contribution in [0.2, 0.25) is 0 Å². The van der Waals surface area contributed by atoms with E-state index in [1.807, 2.05) is 6.08 Å². The maximum atomic E-state index is 13.4. The first-order valence-electron chi connectivity index (χ1n) is 37.5. The van der Waals surface area contributed by atoms with Crippen LogP contribution < -0.4 is 5.32 Å². The van der Waals surface area contributed by atoms with Crippen LogP contribution in [-0.4, -0.2) is 193 Å². The lowest BCUT2D eigenvalue weighted by Crippen LogP contribution is -2.66. The van der Waals surface area contributed by atoms with E-state index >= 15 is 0 Å². The average Bonchev–Trinajstić information content (AvgIpc) is 0.787. The molecule has 0 bridgehead atoms. The van der Waals surface area contributed by atoms with Crippen molar-refractivity contribution in [2.75, 3.05) is 26.4 Å². The Bertz CT molecular complexity index is 1940. The van der Waals surface area contributed by atoms with Crippen molar-refractivity contribution in [3.8, 4) is 0 Å². The van der Waals surface area contributed by atoms with E-state index in [0.29, 0.717) is 12.8 Å². The number of carbonyl (C=O) groups is 1. The summed E-state index contributed by atoms with van der Waals surface area (Å²) in [4.78, 5) is 13.4. The highest BCUT2D eigenvalue weighted by molar-refractivity contribution is 5.76. The van der Waals surface area contributed by atoms with Crippen LogP contribution in [-0.2, 0) is 33.2 Å². The fourth-order valence-electron chi connectivity index (χ4n) is 12.4. The lowest BCUT2D eigenvalue weighted by atomic mass is 9.96. The topological polar surface area (TPSA) is 307 Å². The predicted molar refractivity (Wildman–Crippen MR) is 369 cm³/mol. The van der Waals surface area contributed by atoms with Crippen molar-refractivity contribution in [2.45, 2.75) is 381 Å². The number of hydrogen-bond acceptors (Lipinski definition) is 18. The van der Waals surface area contributed by atoms with E-state index in [2.05, 4.69) is 67.8 Å². The zero-order valence-corrected chi connectivity index (χ0v) is 58.2. The predicted octanol–water partition coefficient (Wildman–Crippen LogP) is 11.1. The number of amides is 1. The monoisotopic (exact) mass is 1340 g/mol. The molecule has 0 aliphatic carbocycles. The third-order valence-corrected chi connectivity index (χ3v) is 18.5. The van der Waals surface area contributed by atoms with Crippen molar-refractivity contribution in [1.29, 1.82) is 0 Å². The first kappa shape index (κ1) is 85.7. The molecule has 94 heavy (non-hydrogen) atoms. The largest absolute Gasteiger partial charge is 0.394 e. The number of unbranched alkanes of at least 4 members (excludes halogenated alkanes) is 34. The van der Waals surface area contributed by atoms with Crippen molar-refractivity contribution in [3.63, 3.8) is 0 Å². The van der Waals surface area contributed by atoms with Crippen LogP contribution in [0.5, 0.6) is 0 Å². The molecule has 3 fully saturated rings. The number of carbonyl (C=O) groups excluding carboxylic acids is 1. The molecule has 548 valence electrons. The van der Waals surface area contributed by atoms with Gasteiger partial charge in [-0.25, -0.2) is 0 Å². The van der Waals surface area contributed by atoms with Crippen LogP contribution >= 0.6 is 0 Å². The Labute approximate surface area is 566 Å². The van der Waals surface area contributed by atoms with Gasteiger partial charge in [0.1, 0.15) is 73.2 Å². The molecule has 0 saturated carbocycles. The van der Waals surface area contributed by atoms with Crippen LogP contribution in [0, 0.1) is 0 Å². The molecule has 3 rings (SSSR count). The van der Waals surface area contributed by atoms with Crippen molar-refractivity contribution in [1.82, 2.24) is 5.32 Å². The molecule has 3 saturated heterocycles. The van der Waals surface area contributed by atoms with Gasteiger partial charge in [0.15, 0.2) is 18.9 Å². The third-order valence-electron chi connectivity index (χ3n) is 18.5. The van der Waals surface area contributed by atoms with E-state index in [4.69, 9.17) is 28.4 Å². The van der Waals surface area contributed by atoms with E-state index < -0.39 is 124 Å². The lowest BCUT2D eigenvalue weighted by Gasteiger charge is -2.48. The van der Waals surface area contributed by atoms with E-state index in [-0.39, 0.29) is 18.9 Å². The van der Waals surface area contributed by atoms with Gasteiger partial charge < -0.3 is 89.9 Å². The fraction of sp³-hybridized carbons (Fsp3) is 0.853. The minimum Gasteiger partial charge on any atom is -0.394 e. The minimum absolute atomic E-state index is 0.214. The number of allylic oxidation sites excluding steroid dienone is 9. The molecule has 1 amide bonds. The van der Waals surface area contributed by atoms with Gasteiger partial charge in [-0.3, -0.25) is 4.79 Å². The van der Waals surface area contributed by atoms with Gasteiger partial charge in [0.2, 0.25) is 5.91 Å². The normalized spacial score (nSPS) is 27.7. The molecule has 3 aliphatic rings. The summed E-state index contributed by atoms with van der Waals surface area (Å²) in [6, 6.07) is -1.01. The molecule has 19 nitrogen and oxygen atoms in total. The fourth-order valence-corrected chi connectivity index (χ4v) is 12.4. The van der Waals surface area contributed by atoms with Crippen molar-refractivity contribution in [2.24, 2.45) is 0 Å². The SMILES string of the molecule is CCCCCC/C=C\C/C=C\CCCCCCCC(=O)NC(COC1OC(CO)C(OC2OC(CO)C(OC3OC(CO)C(O)C(O)C3O)C(O)C2O)C(O)C1O)C(O)/C=C/CC/C=C/CC/C=C/CCCCCCCCCCCCCCCCCCCCCCCCC. The van der Waals surface area contributed by atoms with Gasteiger partial charge in [-0.2, -0.15) is 0 Å². The molecular weight excluding hydrogens is 1200 g/mol. The van der Waals surface area contributed by atoms with Gasteiger partial charge in [-0.1, -0.05) is 254 Å². The summed E-state index contributed by atoms with van der Waals surface area (Å²) in [6.07, 6.45) is 43.7. The zero-order chi connectivity index (χ0) is 68.2. The molecule has 12 N–H and O–H groups in total. The lowest BCUT2D eigenvalue weighted by molar-refractivity contribution is -0.379. The first-order chi connectivity index (χ1) is 45.8. The quantitative estimate of drug-likeness (QED) is 0.0199. The highest BCUT2D eigenvalue weighted by atomic mass is 16.8. The average molecular weight is 1340 g/mol. The Kier molecular flexibility index (Phi) is 51.3. The van der Waals surface area contributed by atoms with Gasteiger partial charge in [-0.05, 0) is 77.0 Å². The second kappa shape index (κ2) is 56.3. The highest BCUT2D eigenvalue weighted by Gasteiger charge is 2.53. The van der Waals surface area contributed by atoms with Gasteiger partial charge in [0, 0.05) is 6.42 Å². The summed E-state index contributed by atoms with van der Waals surface area (Å²) in [5.74, 6) is -0.303. The number of aliphatic hydroxyl groups excluding tert-OH is 11. The number of rotatable bonds is 58. The van der Waals surface area contributed by atoms with Gasteiger partial charge in [-0.15, -0.1) is 0 Å². The van der Waals surface area contributed by atoms with Crippen molar-refractivity contribution >= 4 is 5.91 Å². The molecule has 3 heterocycles. The van der Waals surface area contributed by atoms with E-state index in [1.54, 1.807) is 6.08 Å². The summed E-state index contributed by atoms with van der Waals surface area (Å²) < 4.78 is 34.3. The smallest absolute Gasteiger partial charge is 0.220 e. The van der Waals surface area contributed by atoms with E-state index in [1.165, 1.54) is 173 Å². The minimum atomic E-state index is -1.99. The summed E-state index contributed by atoms with van der Waals surface area (Å²) >= 11 is 0. The molecular formula is C75H135NO18. The molecule has 19 heteroatoms. The maximum absolute atomic E-state index is 13.4. The number of ether oxygens (including phenoxy) is 6. The van der Waals surface area contributed by atoms with Crippen LogP contribution in [0.4, 0.5) is 0 Å². The third kappa shape index (κ3) is 37.1. The molecule has 0 aromatic heterocycles. The molecule has 0 radical (unpaired) electrons. The molecule has 17 atom stereocenters. The maximum Gasteiger partial charge on any atom is 0.220 e. The summed E-state index contributed by atoms with van der Waals surface area (Å²) in [6.45, 7) is 1.69. The van der Waals surface area contributed by atoms with Crippen LogP contribution in [0.15, 0.2) is 60.8 Å². The Balaban J connectivity index is 1.40. The summed E-state index contributed by atoms with van der Waals surface area (Å²) in [5, 5.41) is 121. The van der Waals surface area contributed by atoms with Gasteiger partial charge >= 0.3 is 0 Å². The van der Waals surface area contributed by atoms with Crippen LogP contribution in [0.1, 0.15) is 277 Å². The summed E-state index contributed by atoms with van der Waals surface area (Å²) in [5.41, 5.74) is 0. The summed E-state index contributed by atoms with van der Waals surface area (Å²) in [7, 11) is 0. The number of nitrogens with one attached hydrogen (secondary N) is 1. The van der Waals surface area contributed by atoms with Crippen LogP contribution in [0.3, 0.4) is 0 Å². The Morgan fingerprint density at radius 3 is 1.14 bits per heavy atom. The highest BCUT2D eigenvalue weighted by Crippen LogP contribution is 2.33. The Morgan fingerprint density at radius 1 is 0.383 bits per heavy atom. The van der Waals surface area contributed by atoms with E-state index in [0.717, 1.165) is 70.6 Å². The Hall–Kier alpha value is -2.51. The van der Waals surface area contributed by atoms with Crippen molar-refractivity contribution < 1.29 is 89.4 Å². The second-order valence-electron chi connectivity index (χ2n) is 26.7. The Morgan fingerprint density at radius 2 is 0.713 bits per heavy atom. The molecule has 17 unspecified atom stereocenters. The molecule has 0 aromatic carbocycles. The number of aliphatic hydroxyl groups is 11. The zero-order valence-electron chi connectivity index (χ0n) is 58.2. The molecule has 3 aliphatic heterocycles. The molecule has 0 aromatic rings.